The summed E-state index contributed by atoms with van der Waals surface area (Å²) < 4.78 is 10.9. The van der Waals surface area contributed by atoms with Gasteiger partial charge in [-0.25, -0.2) is 0 Å². The van der Waals surface area contributed by atoms with Crippen molar-refractivity contribution in [2.45, 2.75) is 20.0 Å². The standard InChI is InChI=1S/C21H23NO3/c1-16-7-9-17(10-8-16)13-22(11-12-24-2)14-18-15-25-20-6-4-3-5-19(20)21(18)23/h3-10,15H,11-14H2,1-2H3. The summed E-state index contributed by atoms with van der Waals surface area (Å²) in [6, 6.07) is 15.8. The van der Waals surface area contributed by atoms with E-state index in [0.717, 1.165) is 13.1 Å². The van der Waals surface area contributed by atoms with Crippen LogP contribution in [0.3, 0.4) is 0 Å². The first-order valence-electron chi connectivity index (χ1n) is 8.43. The minimum absolute atomic E-state index is 0.0353. The lowest BCUT2D eigenvalue weighted by Gasteiger charge is -2.22. The number of fused-ring (bicyclic) bond motifs is 1. The Morgan fingerprint density at radius 3 is 2.56 bits per heavy atom. The van der Waals surface area contributed by atoms with E-state index >= 15 is 0 Å². The third-order valence-electron chi connectivity index (χ3n) is 4.28. The minimum Gasteiger partial charge on any atom is -0.464 e. The van der Waals surface area contributed by atoms with Crippen molar-refractivity contribution < 1.29 is 9.15 Å². The molecule has 0 atom stereocenters. The molecule has 0 fully saturated rings. The Hall–Kier alpha value is -2.43. The molecule has 4 nitrogen and oxygen atoms in total. The predicted octanol–water partition coefficient (Wildman–Crippen LogP) is 3.75. The van der Waals surface area contributed by atoms with Gasteiger partial charge < -0.3 is 9.15 Å². The van der Waals surface area contributed by atoms with Gasteiger partial charge in [-0.3, -0.25) is 9.69 Å². The van der Waals surface area contributed by atoms with E-state index in [0.29, 0.717) is 29.7 Å². The van der Waals surface area contributed by atoms with Crippen LogP contribution in [0.4, 0.5) is 0 Å². The van der Waals surface area contributed by atoms with E-state index in [-0.39, 0.29) is 5.43 Å². The van der Waals surface area contributed by atoms with E-state index in [4.69, 9.17) is 9.15 Å². The number of ether oxygens (including phenoxy) is 1. The molecule has 1 heterocycles. The largest absolute Gasteiger partial charge is 0.464 e. The van der Waals surface area contributed by atoms with E-state index in [1.54, 1.807) is 13.4 Å². The number of hydrogen-bond donors (Lipinski definition) is 0. The van der Waals surface area contributed by atoms with Gasteiger partial charge in [-0.05, 0) is 24.6 Å². The summed E-state index contributed by atoms with van der Waals surface area (Å²) in [5.74, 6) is 0. The molecule has 130 valence electrons. The zero-order valence-electron chi connectivity index (χ0n) is 14.7. The van der Waals surface area contributed by atoms with Crippen LogP contribution in [0.25, 0.3) is 11.0 Å². The van der Waals surface area contributed by atoms with Crippen molar-refractivity contribution in [2.24, 2.45) is 0 Å². The Morgan fingerprint density at radius 1 is 1.04 bits per heavy atom. The number of hydrogen-bond acceptors (Lipinski definition) is 4. The molecular weight excluding hydrogens is 314 g/mol. The van der Waals surface area contributed by atoms with Gasteiger partial charge in [0, 0.05) is 32.3 Å². The lowest BCUT2D eigenvalue weighted by Crippen LogP contribution is -2.29. The summed E-state index contributed by atoms with van der Waals surface area (Å²) in [4.78, 5) is 14.9. The van der Waals surface area contributed by atoms with Gasteiger partial charge in [-0.1, -0.05) is 42.0 Å². The van der Waals surface area contributed by atoms with Crippen molar-refractivity contribution in [3.63, 3.8) is 0 Å². The summed E-state index contributed by atoms with van der Waals surface area (Å²) >= 11 is 0. The molecule has 0 radical (unpaired) electrons. The molecule has 1 aromatic heterocycles. The predicted molar refractivity (Wildman–Crippen MR) is 99.7 cm³/mol. The van der Waals surface area contributed by atoms with E-state index in [1.807, 2.05) is 24.3 Å². The Kier molecular flexibility index (Phi) is 5.64. The molecule has 0 aliphatic carbocycles. The summed E-state index contributed by atoms with van der Waals surface area (Å²) in [6.45, 7) is 4.73. The Balaban J connectivity index is 1.83. The molecule has 25 heavy (non-hydrogen) atoms. The van der Waals surface area contributed by atoms with Crippen LogP contribution >= 0.6 is 0 Å². The second-order valence-corrected chi connectivity index (χ2v) is 6.28. The number of para-hydroxylation sites is 1. The molecule has 0 aliphatic heterocycles. The molecule has 3 rings (SSSR count). The average molecular weight is 337 g/mol. The van der Waals surface area contributed by atoms with Gasteiger partial charge in [0.2, 0.25) is 0 Å². The average Bonchev–Trinajstić information content (AvgIpc) is 2.64. The molecule has 0 N–H and O–H groups in total. The monoisotopic (exact) mass is 337 g/mol. The van der Waals surface area contributed by atoms with E-state index in [2.05, 4.69) is 36.1 Å². The van der Waals surface area contributed by atoms with Crippen LogP contribution in [0.5, 0.6) is 0 Å². The van der Waals surface area contributed by atoms with E-state index in [1.165, 1.54) is 11.1 Å². The van der Waals surface area contributed by atoms with Crippen molar-refractivity contribution in [1.29, 1.82) is 0 Å². The first-order valence-corrected chi connectivity index (χ1v) is 8.43. The lowest BCUT2D eigenvalue weighted by molar-refractivity contribution is 0.139. The zero-order chi connectivity index (χ0) is 17.6. The number of rotatable bonds is 7. The molecular formula is C21H23NO3. The molecule has 0 spiro atoms. The molecule has 0 amide bonds. The molecule has 0 saturated carbocycles. The highest BCUT2D eigenvalue weighted by molar-refractivity contribution is 5.76. The molecule has 3 aromatic rings. The summed E-state index contributed by atoms with van der Waals surface area (Å²) in [7, 11) is 1.69. The number of benzene rings is 2. The van der Waals surface area contributed by atoms with E-state index in [9.17, 15) is 4.79 Å². The highest BCUT2D eigenvalue weighted by Gasteiger charge is 2.12. The van der Waals surface area contributed by atoms with Crippen LogP contribution in [0.2, 0.25) is 0 Å². The van der Waals surface area contributed by atoms with Crippen LogP contribution in [-0.4, -0.2) is 25.2 Å². The van der Waals surface area contributed by atoms with Crippen LogP contribution < -0.4 is 5.43 Å². The van der Waals surface area contributed by atoms with Gasteiger partial charge in [-0.15, -0.1) is 0 Å². The van der Waals surface area contributed by atoms with Gasteiger partial charge in [0.05, 0.1) is 18.3 Å². The SMILES string of the molecule is COCCN(Cc1ccc(C)cc1)Cc1coc2ccccc2c1=O. The molecule has 0 saturated heterocycles. The topological polar surface area (TPSA) is 42.7 Å². The molecule has 4 heteroatoms. The van der Waals surface area contributed by atoms with Crippen LogP contribution in [0, 0.1) is 6.92 Å². The highest BCUT2D eigenvalue weighted by Crippen LogP contribution is 2.13. The third-order valence-corrected chi connectivity index (χ3v) is 4.28. The zero-order valence-corrected chi connectivity index (χ0v) is 14.7. The maximum Gasteiger partial charge on any atom is 0.197 e. The minimum atomic E-state index is 0.0353. The van der Waals surface area contributed by atoms with Crippen molar-refractivity contribution in [3.8, 4) is 0 Å². The summed E-state index contributed by atoms with van der Waals surface area (Å²) in [6.07, 6.45) is 1.58. The summed E-state index contributed by atoms with van der Waals surface area (Å²) in [5, 5.41) is 0.627. The summed E-state index contributed by atoms with van der Waals surface area (Å²) in [5.41, 5.74) is 3.78. The second-order valence-electron chi connectivity index (χ2n) is 6.28. The second kappa shape index (κ2) is 8.10. The van der Waals surface area contributed by atoms with Crippen molar-refractivity contribution in [2.75, 3.05) is 20.3 Å². The Bertz CT molecular complexity index is 884. The first kappa shape index (κ1) is 17.4. The number of methoxy groups -OCH3 is 1. The van der Waals surface area contributed by atoms with Gasteiger partial charge in [0.1, 0.15) is 5.58 Å². The molecule has 0 unspecified atom stereocenters. The van der Waals surface area contributed by atoms with Crippen molar-refractivity contribution in [3.05, 3.63) is 81.7 Å². The maximum atomic E-state index is 12.7. The smallest absolute Gasteiger partial charge is 0.197 e. The molecule has 2 aromatic carbocycles. The lowest BCUT2D eigenvalue weighted by atomic mass is 10.1. The van der Waals surface area contributed by atoms with Gasteiger partial charge >= 0.3 is 0 Å². The Morgan fingerprint density at radius 2 is 1.80 bits per heavy atom. The molecule has 0 aliphatic rings. The number of nitrogens with zero attached hydrogens (tertiary/aromatic N) is 1. The van der Waals surface area contributed by atoms with Gasteiger partial charge in [0.15, 0.2) is 5.43 Å². The van der Waals surface area contributed by atoms with E-state index < -0.39 is 0 Å². The highest BCUT2D eigenvalue weighted by atomic mass is 16.5. The van der Waals surface area contributed by atoms with Crippen LogP contribution in [-0.2, 0) is 17.8 Å². The quantitative estimate of drug-likeness (QED) is 0.658. The maximum absolute atomic E-state index is 12.7. The van der Waals surface area contributed by atoms with Crippen molar-refractivity contribution in [1.82, 2.24) is 4.90 Å². The first-order chi connectivity index (χ1) is 12.2. The number of aryl methyl sites for hydroxylation is 1. The molecule has 0 bridgehead atoms. The Labute approximate surface area is 147 Å². The van der Waals surface area contributed by atoms with Crippen LogP contribution in [0.15, 0.2) is 64.0 Å². The van der Waals surface area contributed by atoms with Crippen LogP contribution in [0.1, 0.15) is 16.7 Å². The fourth-order valence-corrected chi connectivity index (χ4v) is 2.85. The fraction of sp³-hybridized carbons (Fsp3) is 0.286. The normalized spacial score (nSPS) is 11.3. The van der Waals surface area contributed by atoms with Gasteiger partial charge in [0.25, 0.3) is 0 Å². The van der Waals surface area contributed by atoms with Gasteiger partial charge in [-0.2, -0.15) is 0 Å². The fourth-order valence-electron chi connectivity index (χ4n) is 2.85. The third kappa shape index (κ3) is 4.35. The van der Waals surface area contributed by atoms with Crippen molar-refractivity contribution >= 4 is 11.0 Å².